The smallest absolute Gasteiger partial charge is 0.344 e. The Hall–Kier alpha value is -2.41. The molecule has 120 valence electrons. The predicted octanol–water partition coefficient (Wildman–Crippen LogP) is 2.30. The maximum absolute atomic E-state index is 12.3. The number of nitrogens with two attached hydrogens (primary N) is 1. The van der Waals surface area contributed by atoms with Gasteiger partial charge in [-0.25, -0.2) is 4.79 Å². The minimum Gasteiger partial charge on any atom is -0.479 e. The molecule has 1 fully saturated rings. The van der Waals surface area contributed by atoms with Crippen LogP contribution < -0.4 is 10.5 Å². The first-order valence-corrected chi connectivity index (χ1v) is 8.00. The molecule has 3 rings (SSSR count). The first-order valence-electron chi connectivity index (χ1n) is 7.19. The number of carboxylic acids is 1. The quantitative estimate of drug-likeness (QED) is 0.623. The minimum absolute atomic E-state index is 0.260. The van der Waals surface area contributed by atoms with Crippen LogP contribution in [-0.2, 0) is 9.59 Å². The average Bonchev–Trinajstić information content (AvgIpc) is 3.26. The van der Waals surface area contributed by atoms with Gasteiger partial charge < -0.3 is 15.6 Å². The fraction of sp³-hybridized carbons (Fsp3) is 0.312. The van der Waals surface area contributed by atoms with Crippen molar-refractivity contribution in [2.24, 2.45) is 5.73 Å². The van der Waals surface area contributed by atoms with Gasteiger partial charge in [0.15, 0.2) is 6.10 Å². The summed E-state index contributed by atoms with van der Waals surface area (Å²) >= 11 is 1.43. The summed E-state index contributed by atoms with van der Waals surface area (Å²) in [6.07, 6.45) is 0.864. The number of hydrogen-bond acceptors (Lipinski definition) is 5. The Labute approximate surface area is 135 Å². The fourth-order valence-electron chi connectivity index (χ4n) is 2.46. The number of hydrogen-bond donors (Lipinski definition) is 2. The van der Waals surface area contributed by atoms with Crippen molar-refractivity contribution in [2.45, 2.75) is 31.8 Å². The monoisotopic (exact) mass is 333 g/mol. The summed E-state index contributed by atoms with van der Waals surface area (Å²) in [5.74, 6) is -2.34. The van der Waals surface area contributed by atoms with Crippen LogP contribution in [0.25, 0.3) is 10.1 Å². The van der Waals surface area contributed by atoms with Crippen molar-refractivity contribution < 1.29 is 24.2 Å². The Balaban J connectivity index is 2.20. The number of benzene rings is 1. The Bertz CT molecular complexity index is 821. The van der Waals surface area contributed by atoms with Gasteiger partial charge in [-0.15, -0.1) is 11.3 Å². The number of aliphatic carboxylic acids is 1. The van der Waals surface area contributed by atoms with E-state index in [0.29, 0.717) is 5.39 Å². The van der Waals surface area contributed by atoms with Gasteiger partial charge in [-0.3, -0.25) is 9.59 Å². The summed E-state index contributed by atoms with van der Waals surface area (Å²) in [6, 6.07) is 5.16. The van der Waals surface area contributed by atoms with Crippen LogP contribution in [0, 0.1) is 0 Å². The molecule has 0 bridgehead atoms. The average molecular weight is 333 g/mol. The summed E-state index contributed by atoms with van der Waals surface area (Å²) in [7, 11) is 0. The molecule has 0 spiro atoms. The van der Waals surface area contributed by atoms with E-state index in [0.717, 1.165) is 22.4 Å². The van der Waals surface area contributed by atoms with E-state index in [1.807, 2.05) is 6.07 Å². The third-order valence-electron chi connectivity index (χ3n) is 3.75. The van der Waals surface area contributed by atoms with E-state index in [9.17, 15) is 14.4 Å². The van der Waals surface area contributed by atoms with Crippen LogP contribution in [0.5, 0.6) is 5.75 Å². The van der Waals surface area contributed by atoms with Crippen molar-refractivity contribution in [3.63, 3.8) is 0 Å². The molecule has 1 unspecified atom stereocenters. The highest BCUT2D eigenvalue weighted by molar-refractivity contribution is 7.19. The van der Waals surface area contributed by atoms with Crippen LogP contribution in [0.4, 0.5) is 0 Å². The van der Waals surface area contributed by atoms with E-state index < -0.39 is 23.8 Å². The molecule has 23 heavy (non-hydrogen) atoms. The molecular weight excluding hydrogens is 318 g/mol. The molecular formula is C16H15NO5S. The van der Waals surface area contributed by atoms with E-state index in [4.69, 9.17) is 15.6 Å². The van der Waals surface area contributed by atoms with Crippen molar-refractivity contribution in [3.8, 4) is 5.75 Å². The Morgan fingerprint density at radius 1 is 1.35 bits per heavy atom. The van der Waals surface area contributed by atoms with E-state index in [2.05, 4.69) is 0 Å². The second-order valence-corrected chi connectivity index (χ2v) is 6.62. The highest BCUT2D eigenvalue weighted by Gasteiger charge is 2.34. The number of carboxylic acid groups (broad SMARTS) is 1. The molecule has 1 amide bonds. The molecule has 6 nitrogen and oxygen atoms in total. The number of primary amides is 1. The number of rotatable bonds is 6. The molecule has 1 heterocycles. The van der Waals surface area contributed by atoms with Gasteiger partial charge in [-0.2, -0.15) is 0 Å². The summed E-state index contributed by atoms with van der Waals surface area (Å²) < 4.78 is 6.26. The van der Waals surface area contributed by atoms with Crippen molar-refractivity contribution in [2.75, 3.05) is 0 Å². The van der Waals surface area contributed by atoms with Gasteiger partial charge in [0.25, 0.3) is 11.7 Å². The zero-order chi connectivity index (χ0) is 16.7. The molecule has 3 N–H and O–H groups in total. The molecule has 2 aromatic rings. The molecule has 1 aromatic carbocycles. The summed E-state index contributed by atoms with van der Waals surface area (Å²) in [5.41, 5.74) is 5.46. The predicted molar refractivity (Wildman–Crippen MR) is 85.1 cm³/mol. The summed E-state index contributed by atoms with van der Waals surface area (Å²) in [5, 5.41) is 9.50. The molecule has 0 aliphatic heterocycles. The lowest BCUT2D eigenvalue weighted by Crippen LogP contribution is -2.25. The van der Waals surface area contributed by atoms with E-state index >= 15 is 0 Å². The lowest BCUT2D eigenvalue weighted by Gasteiger charge is -2.12. The van der Waals surface area contributed by atoms with E-state index in [-0.39, 0.29) is 17.2 Å². The van der Waals surface area contributed by atoms with Crippen molar-refractivity contribution >= 4 is 39.1 Å². The van der Waals surface area contributed by atoms with Crippen molar-refractivity contribution in [1.29, 1.82) is 0 Å². The number of ketones is 1. The van der Waals surface area contributed by atoms with Crippen LogP contribution in [0.3, 0.4) is 0 Å². The SMILES string of the molecule is CC(Oc1cccc2sc(C3CC3)c(C(=O)C(N)=O)c12)C(=O)O. The van der Waals surface area contributed by atoms with Crippen molar-refractivity contribution in [1.82, 2.24) is 0 Å². The zero-order valence-corrected chi connectivity index (χ0v) is 13.2. The Kier molecular flexibility index (Phi) is 3.81. The first-order chi connectivity index (χ1) is 10.9. The van der Waals surface area contributed by atoms with Gasteiger partial charge in [0.1, 0.15) is 5.75 Å². The van der Waals surface area contributed by atoms with Gasteiger partial charge in [0, 0.05) is 15.0 Å². The molecule has 0 radical (unpaired) electrons. The van der Waals surface area contributed by atoms with Gasteiger partial charge >= 0.3 is 5.97 Å². The number of thiophene rings is 1. The molecule has 1 aliphatic carbocycles. The lowest BCUT2D eigenvalue weighted by atomic mass is 10.0. The number of fused-ring (bicyclic) bond motifs is 1. The van der Waals surface area contributed by atoms with Gasteiger partial charge in [0.2, 0.25) is 0 Å². The maximum atomic E-state index is 12.3. The highest BCUT2D eigenvalue weighted by Crippen LogP contribution is 2.49. The standard InChI is InChI=1S/C16H15NO5S/c1-7(16(20)21)22-9-3-2-4-10-11(9)12(13(18)15(17)19)14(23-10)8-5-6-8/h2-4,7-8H,5-6H2,1H3,(H2,17,19)(H,20,21). The third-order valence-corrected chi connectivity index (χ3v) is 5.07. The molecule has 7 heteroatoms. The van der Waals surface area contributed by atoms with Crippen LogP contribution >= 0.6 is 11.3 Å². The second kappa shape index (κ2) is 5.66. The first kappa shape index (κ1) is 15.5. The Morgan fingerprint density at radius 2 is 2.04 bits per heavy atom. The fourth-order valence-corrected chi connectivity index (χ4v) is 3.84. The topological polar surface area (TPSA) is 107 Å². The lowest BCUT2D eigenvalue weighted by molar-refractivity contribution is -0.144. The van der Waals surface area contributed by atoms with Gasteiger partial charge in [-0.1, -0.05) is 6.07 Å². The second-order valence-electron chi connectivity index (χ2n) is 5.54. The van der Waals surface area contributed by atoms with E-state index in [1.165, 1.54) is 18.3 Å². The van der Waals surface area contributed by atoms with Crippen LogP contribution in [0.1, 0.15) is 40.9 Å². The number of carbonyl (C=O) groups is 3. The number of ether oxygens (including phenoxy) is 1. The molecule has 1 atom stereocenters. The van der Waals surface area contributed by atoms with Gasteiger partial charge in [0.05, 0.1) is 5.56 Å². The van der Waals surface area contributed by atoms with E-state index in [1.54, 1.807) is 12.1 Å². The summed E-state index contributed by atoms with van der Waals surface area (Å²) in [6.45, 7) is 1.41. The third kappa shape index (κ3) is 2.79. The van der Waals surface area contributed by atoms with Crippen molar-refractivity contribution in [3.05, 3.63) is 28.6 Å². The Morgan fingerprint density at radius 3 is 2.61 bits per heavy atom. The minimum atomic E-state index is -1.11. The molecule has 0 saturated heterocycles. The van der Waals surface area contributed by atoms with Crippen LogP contribution in [-0.4, -0.2) is 28.9 Å². The summed E-state index contributed by atoms with van der Waals surface area (Å²) in [4.78, 5) is 35.6. The van der Waals surface area contributed by atoms with Crippen LogP contribution in [0.2, 0.25) is 0 Å². The molecule has 1 saturated carbocycles. The number of Topliss-reactive ketones (excluding diaryl/α,β-unsaturated/α-hetero) is 1. The largest absolute Gasteiger partial charge is 0.479 e. The normalized spacial score (nSPS) is 15.3. The highest BCUT2D eigenvalue weighted by atomic mass is 32.1. The van der Waals surface area contributed by atoms with Gasteiger partial charge in [-0.05, 0) is 37.8 Å². The zero-order valence-electron chi connectivity index (χ0n) is 12.4. The number of amides is 1. The molecule has 1 aromatic heterocycles. The number of carbonyl (C=O) groups excluding carboxylic acids is 2. The maximum Gasteiger partial charge on any atom is 0.344 e. The van der Waals surface area contributed by atoms with Crippen LogP contribution in [0.15, 0.2) is 18.2 Å². The molecule has 1 aliphatic rings.